The molecular formula is C19H18N2O2. The molecule has 0 fully saturated rings. The number of rotatable bonds is 4. The fraction of sp³-hybridized carbons (Fsp3) is 0.158. The van der Waals surface area contributed by atoms with Gasteiger partial charge in [0, 0.05) is 22.5 Å². The van der Waals surface area contributed by atoms with Crippen LogP contribution in [0, 0.1) is 6.92 Å². The molecule has 0 unspecified atom stereocenters. The Labute approximate surface area is 135 Å². The van der Waals surface area contributed by atoms with Crippen LogP contribution in [0.25, 0.3) is 10.9 Å². The Bertz CT molecular complexity index is 859. The topological polar surface area (TPSA) is 51.2 Å². The predicted molar refractivity (Wildman–Crippen MR) is 92.2 cm³/mol. The lowest BCUT2D eigenvalue weighted by molar-refractivity contribution is 0.0526. The van der Waals surface area contributed by atoms with E-state index < -0.39 is 0 Å². The van der Waals surface area contributed by atoms with Crippen molar-refractivity contribution < 1.29 is 9.53 Å². The highest BCUT2D eigenvalue weighted by atomic mass is 16.5. The van der Waals surface area contributed by atoms with Crippen LogP contribution < -0.4 is 5.32 Å². The fourth-order valence-electron chi connectivity index (χ4n) is 2.51. The molecule has 0 aliphatic rings. The van der Waals surface area contributed by atoms with E-state index in [1.807, 2.05) is 49.4 Å². The van der Waals surface area contributed by atoms with E-state index in [-0.39, 0.29) is 5.97 Å². The van der Waals surface area contributed by atoms with E-state index in [0.29, 0.717) is 12.2 Å². The van der Waals surface area contributed by atoms with Gasteiger partial charge in [-0.15, -0.1) is 0 Å². The molecule has 0 aliphatic heterocycles. The van der Waals surface area contributed by atoms with Crippen molar-refractivity contribution in [2.75, 3.05) is 11.9 Å². The van der Waals surface area contributed by atoms with E-state index in [4.69, 9.17) is 4.74 Å². The number of pyridine rings is 1. The molecule has 4 heteroatoms. The molecule has 1 heterocycles. The van der Waals surface area contributed by atoms with E-state index in [9.17, 15) is 4.79 Å². The monoisotopic (exact) mass is 306 g/mol. The first-order valence-electron chi connectivity index (χ1n) is 7.58. The summed E-state index contributed by atoms with van der Waals surface area (Å²) in [6.45, 7) is 4.13. The minimum Gasteiger partial charge on any atom is -0.462 e. The first-order valence-corrected chi connectivity index (χ1v) is 7.58. The van der Waals surface area contributed by atoms with Crippen LogP contribution in [0.2, 0.25) is 0 Å². The van der Waals surface area contributed by atoms with Gasteiger partial charge in [0.25, 0.3) is 0 Å². The van der Waals surface area contributed by atoms with Gasteiger partial charge in [-0.3, -0.25) is 4.98 Å². The highest BCUT2D eigenvalue weighted by Crippen LogP contribution is 2.26. The molecule has 3 aromatic rings. The van der Waals surface area contributed by atoms with Gasteiger partial charge in [-0.2, -0.15) is 0 Å². The molecule has 4 nitrogen and oxygen atoms in total. The van der Waals surface area contributed by atoms with Crippen LogP contribution in [0.3, 0.4) is 0 Å². The molecule has 1 aromatic heterocycles. The number of ether oxygens (including phenoxy) is 1. The third-order valence-electron chi connectivity index (χ3n) is 3.50. The summed E-state index contributed by atoms with van der Waals surface area (Å²) in [6, 6.07) is 17.3. The number of nitrogens with one attached hydrogen (secondary N) is 1. The summed E-state index contributed by atoms with van der Waals surface area (Å²) in [5.74, 6) is -0.313. The van der Waals surface area contributed by atoms with Crippen molar-refractivity contribution in [3.63, 3.8) is 0 Å². The maximum absolute atomic E-state index is 11.9. The van der Waals surface area contributed by atoms with Crippen LogP contribution in [0.4, 0.5) is 11.4 Å². The molecule has 0 bridgehead atoms. The molecule has 3 rings (SSSR count). The average Bonchev–Trinajstić information content (AvgIpc) is 2.55. The Balaban J connectivity index is 1.96. The van der Waals surface area contributed by atoms with Crippen LogP contribution in [0.1, 0.15) is 23.0 Å². The number of nitrogens with zero attached hydrogens (tertiary/aromatic N) is 1. The van der Waals surface area contributed by atoms with Gasteiger partial charge in [-0.1, -0.05) is 24.3 Å². The van der Waals surface area contributed by atoms with Crippen molar-refractivity contribution in [3.8, 4) is 0 Å². The van der Waals surface area contributed by atoms with Gasteiger partial charge < -0.3 is 10.1 Å². The zero-order valence-corrected chi connectivity index (χ0v) is 13.2. The van der Waals surface area contributed by atoms with Gasteiger partial charge in [-0.05, 0) is 44.2 Å². The molecule has 2 aromatic carbocycles. The number of fused-ring (bicyclic) bond motifs is 1. The summed E-state index contributed by atoms with van der Waals surface area (Å²) < 4.78 is 5.05. The minimum absolute atomic E-state index is 0.313. The van der Waals surface area contributed by atoms with Crippen LogP contribution in [-0.2, 0) is 4.74 Å². The number of carbonyl (C=O) groups excluding carboxylic acids is 1. The van der Waals surface area contributed by atoms with Crippen molar-refractivity contribution in [1.82, 2.24) is 4.98 Å². The quantitative estimate of drug-likeness (QED) is 0.723. The zero-order valence-electron chi connectivity index (χ0n) is 13.2. The molecule has 0 spiro atoms. The Morgan fingerprint density at radius 2 is 1.96 bits per heavy atom. The number of aryl methyl sites for hydroxylation is 1. The second-order valence-electron chi connectivity index (χ2n) is 5.25. The van der Waals surface area contributed by atoms with E-state index in [1.54, 1.807) is 19.1 Å². The second kappa shape index (κ2) is 6.48. The number of carbonyl (C=O) groups is 1. The lowest BCUT2D eigenvalue weighted by Crippen LogP contribution is -2.05. The Morgan fingerprint density at radius 3 is 2.78 bits per heavy atom. The largest absolute Gasteiger partial charge is 0.462 e. The van der Waals surface area contributed by atoms with Crippen LogP contribution in [-0.4, -0.2) is 17.6 Å². The number of aromatic nitrogens is 1. The van der Waals surface area contributed by atoms with E-state index >= 15 is 0 Å². The Hall–Kier alpha value is -2.88. The highest BCUT2D eigenvalue weighted by Gasteiger charge is 2.08. The fourth-order valence-corrected chi connectivity index (χ4v) is 2.51. The lowest BCUT2D eigenvalue weighted by atomic mass is 10.1. The van der Waals surface area contributed by atoms with Gasteiger partial charge in [0.2, 0.25) is 0 Å². The molecule has 0 radical (unpaired) electrons. The number of esters is 1. The zero-order chi connectivity index (χ0) is 16.2. The van der Waals surface area contributed by atoms with Crippen molar-refractivity contribution in [3.05, 3.63) is 65.9 Å². The summed E-state index contributed by atoms with van der Waals surface area (Å²) in [7, 11) is 0. The average molecular weight is 306 g/mol. The van der Waals surface area contributed by atoms with Crippen molar-refractivity contribution >= 4 is 28.2 Å². The third-order valence-corrected chi connectivity index (χ3v) is 3.50. The molecular weight excluding hydrogens is 288 g/mol. The number of hydrogen-bond donors (Lipinski definition) is 1. The number of benzene rings is 2. The second-order valence-corrected chi connectivity index (χ2v) is 5.25. The molecule has 0 atom stereocenters. The normalized spacial score (nSPS) is 10.5. The van der Waals surface area contributed by atoms with Crippen LogP contribution in [0.15, 0.2) is 54.6 Å². The summed E-state index contributed by atoms with van der Waals surface area (Å²) in [4.78, 5) is 16.4. The minimum atomic E-state index is -0.313. The van der Waals surface area contributed by atoms with Crippen LogP contribution in [0.5, 0.6) is 0 Å². The molecule has 116 valence electrons. The van der Waals surface area contributed by atoms with Crippen LogP contribution >= 0.6 is 0 Å². The maximum atomic E-state index is 11.9. The van der Waals surface area contributed by atoms with E-state index in [1.165, 1.54) is 0 Å². The lowest BCUT2D eigenvalue weighted by Gasteiger charge is -2.11. The molecule has 0 saturated carbocycles. The number of hydrogen-bond acceptors (Lipinski definition) is 4. The van der Waals surface area contributed by atoms with Gasteiger partial charge >= 0.3 is 5.97 Å². The van der Waals surface area contributed by atoms with Gasteiger partial charge in [0.1, 0.15) is 0 Å². The molecule has 1 N–H and O–H groups in total. The maximum Gasteiger partial charge on any atom is 0.338 e. The third kappa shape index (κ3) is 3.31. The summed E-state index contributed by atoms with van der Waals surface area (Å²) in [6.07, 6.45) is 0. The number of anilines is 2. The molecule has 0 aliphatic carbocycles. The Kier molecular flexibility index (Phi) is 4.24. The van der Waals surface area contributed by atoms with E-state index in [2.05, 4.69) is 10.3 Å². The van der Waals surface area contributed by atoms with Crippen molar-refractivity contribution in [2.45, 2.75) is 13.8 Å². The first kappa shape index (κ1) is 15.0. The standard InChI is InChI=1S/C19H18N2O2/c1-3-23-19(22)14-7-6-8-15(12-14)21-18-11-13(2)20-17-10-5-4-9-16(17)18/h4-12H,3H2,1-2H3,(H,20,21). The molecule has 23 heavy (non-hydrogen) atoms. The summed E-state index contributed by atoms with van der Waals surface area (Å²) in [5, 5.41) is 4.42. The summed E-state index contributed by atoms with van der Waals surface area (Å²) in [5.41, 5.74) is 4.22. The smallest absolute Gasteiger partial charge is 0.338 e. The van der Waals surface area contributed by atoms with Gasteiger partial charge in [-0.25, -0.2) is 4.79 Å². The highest BCUT2D eigenvalue weighted by molar-refractivity contribution is 5.94. The number of para-hydroxylation sites is 1. The van der Waals surface area contributed by atoms with Crippen molar-refractivity contribution in [1.29, 1.82) is 0 Å². The first-order chi connectivity index (χ1) is 11.2. The van der Waals surface area contributed by atoms with E-state index in [0.717, 1.165) is 28.0 Å². The Morgan fingerprint density at radius 1 is 1.13 bits per heavy atom. The molecule has 0 saturated heterocycles. The molecule has 0 amide bonds. The SMILES string of the molecule is CCOC(=O)c1cccc(Nc2cc(C)nc3ccccc23)c1. The van der Waals surface area contributed by atoms with Gasteiger partial charge in [0.15, 0.2) is 0 Å². The summed E-state index contributed by atoms with van der Waals surface area (Å²) >= 11 is 0. The van der Waals surface area contributed by atoms with Gasteiger partial charge in [0.05, 0.1) is 17.7 Å². The predicted octanol–water partition coefficient (Wildman–Crippen LogP) is 4.46. The van der Waals surface area contributed by atoms with Crippen molar-refractivity contribution in [2.24, 2.45) is 0 Å².